The molecule has 0 heterocycles. The molecule has 1 rings (SSSR count). The largest absolute Gasteiger partial charge is 0.396 e. The highest BCUT2D eigenvalue weighted by molar-refractivity contribution is 7.86. The van der Waals surface area contributed by atoms with Crippen LogP contribution < -0.4 is 11.1 Å². The average molecular weight is 258 g/mol. The first-order valence-electron chi connectivity index (χ1n) is 5.20. The van der Waals surface area contributed by atoms with E-state index in [4.69, 9.17) is 5.73 Å². The summed E-state index contributed by atoms with van der Waals surface area (Å²) < 4.78 is 25.2. The average Bonchev–Trinajstić information content (AvgIpc) is 2.31. The molecule has 2 unspecified atom stereocenters. The molecule has 0 aliphatic rings. The van der Waals surface area contributed by atoms with E-state index in [1.54, 1.807) is 6.92 Å². The number of hydrogen-bond donors (Lipinski definition) is 2. The van der Waals surface area contributed by atoms with Crippen molar-refractivity contribution in [2.24, 2.45) is 0 Å². The molecule has 0 aliphatic heterocycles. The molecule has 4 nitrogen and oxygen atoms in total. The summed E-state index contributed by atoms with van der Waals surface area (Å²) in [6, 6.07) is 3.90. The van der Waals surface area contributed by atoms with Crippen molar-refractivity contribution in [3.05, 3.63) is 24.0 Å². The lowest BCUT2D eigenvalue weighted by atomic mass is 10.3. The monoisotopic (exact) mass is 258 g/mol. The fourth-order valence-corrected chi connectivity index (χ4v) is 2.36. The molecule has 0 radical (unpaired) electrons. The van der Waals surface area contributed by atoms with Gasteiger partial charge < -0.3 is 11.1 Å². The van der Waals surface area contributed by atoms with E-state index >= 15 is 0 Å². The molecule has 0 saturated heterocycles. The summed E-state index contributed by atoms with van der Waals surface area (Å²) in [5.74, 6) is -0.943. The standard InChI is InChI=1S/C11H15FN2O2S/c1-3-14-11(15)7(2)17(16)8-4-5-10(13)9(12)6-8/h4-7H,3,13H2,1-2H3,(H,14,15). The first kappa shape index (κ1) is 13.6. The van der Waals surface area contributed by atoms with E-state index in [1.807, 2.05) is 0 Å². The minimum atomic E-state index is -1.59. The Bertz CT molecular complexity index is 451. The number of nitrogen functional groups attached to an aromatic ring is 1. The summed E-state index contributed by atoms with van der Waals surface area (Å²) >= 11 is 0. The van der Waals surface area contributed by atoms with Crippen LogP contribution in [0.2, 0.25) is 0 Å². The van der Waals surface area contributed by atoms with Crippen LogP contribution in [0.3, 0.4) is 0 Å². The molecule has 6 heteroatoms. The number of carbonyl (C=O) groups is 1. The molecule has 0 fully saturated rings. The molecule has 0 saturated carbocycles. The second-order valence-corrected chi connectivity index (χ2v) is 5.29. The molecule has 0 bridgehead atoms. The molecular weight excluding hydrogens is 243 g/mol. The van der Waals surface area contributed by atoms with Gasteiger partial charge >= 0.3 is 0 Å². The Kier molecular flexibility index (Phi) is 4.62. The molecule has 0 spiro atoms. The van der Waals surface area contributed by atoms with E-state index in [9.17, 15) is 13.4 Å². The van der Waals surface area contributed by atoms with Crippen LogP contribution in [0, 0.1) is 5.82 Å². The first-order chi connectivity index (χ1) is 7.97. The molecule has 2 atom stereocenters. The second kappa shape index (κ2) is 5.77. The third kappa shape index (κ3) is 3.26. The van der Waals surface area contributed by atoms with Crippen LogP contribution in [-0.2, 0) is 15.6 Å². The number of nitrogens with one attached hydrogen (secondary N) is 1. The maximum atomic E-state index is 13.2. The third-order valence-corrected chi connectivity index (χ3v) is 3.82. The van der Waals surface area contributed by atoms with Crippen LogP contribution in [0.1, 0.15) is 13.8 Å². The zero-order chi connectivity index (χ0) is 13.0. The van der Waals surface area contributed by atoms with Crippen molar-refractivity contribution in [1.29, 1.82) is 0 Å². The Morgan fingerprint density at radius 2 is 2.24 bits per heavy atom. The van der Waals surface area contributed by atoms with Gasteiger partial charge in [-0.25, -0.2) is 4.39 Å². The van der Waals surface area contributed by atoms with Crippen LogP contribution in [0.25, 0.3) is 0 Å². The van der Waals surface area contributed by atoms with Gasteiger partial charge in [0.1, 0.15) is 11.1 Å². The Labute approximate surface area is 102 Å². The quantitative estimate of drug-likeness (QED) is 0.793. The zero-order valence-electron chi connectivity index (χ0n) is 9.70. The van der Waals surface area contributed by atoms with Crippen molar-refractivity contribution in [3.8, 4) is 0 Å². The van der Waals surface area contributed by atoms with Crippen molar-refractivity contribution in [2.75, 3.05) is 12.3 Å². The van der Waals surface area contributed by atoms with Crippen LogP contribution in [0.15, 0.2) is 23.1 Å². The van der Waals surface area contributed by atoms with Gasteiger partial charge in [-0.15, -0.1) is 0 Å². The summed E-state index contributed by atoms with van der Waals surface area (Å²) in [6.45, 7) is 3.78. The predicted molar refractivity (Wildman–Crippen MR) is 65.4 cm³/mol. The predicted octanol–water partition coefficient (Wildman–Crippen LogP) is 1.04. The Morgan fingerprint density at radius 1 is 1.59 bits per heavy atom. The highest BCUT2D eigenvalue weighted by Crippen LogP contribution is 2.17. The third-order valence-electron chi connectivity index (χ3n) is 2.25. The summed E-state index contributed by atoms with van der Waals surface area (Å²) in [5, 5.41) is 1.85. The molecule has 3 N–H and O–H groups in total. The molecule has 1 aromatic carbocycles. The number of rotatable bonds is 4. The molecule has 94 valence electrons. The second-order valence-electron chi connectivity index (χ2n) is 3.52. The van der Waals surface area contributed by atoms with Gasteiger partial charge in [0.05, 0.1) is 16.5 Å². The smallest absolute Gasteiger partial charge is 0.235 e. The lowest BCUT2D eigenvalue weighted by Crippen LogP contribution is -2.35. The first-order valence-corrected chi connectivity index (χ1v) is 6.42. The summed E-state index contributed by atoms with van der Waals surface area (Å²) in [7, 11) is -1.59. The van der Waals surface area contributed by atoms with Gasteiger partial charge in [-0.3, -0.25) is 9.00 Å². The summed E-state index contributed by atoms with van der Waals surface area (Å²) in [5.41, 5.74) is 5.32. The van der Waals surface area contributed by atoms with Gasteiger partial charge in [-0.05, 0) is 32.0 Å². The molecule has 17 heavy (non-hydrogen) atoms. The van der Waals surface area contributed by atoms with E-state index in [2.05, 4.69) is 5.32 Å². The highest BCUT2D eigenvalue weighted by Gasteiger charge is 2.21. The highest BCUT2D eigenvalue weighted by atomic mass is 32.2. The molecule has 1 amide bonds. The fraction of sp³-hybridized carbons (Fsp3) is 0.364. The van der Waals surface area contributed by atoms with E-state index < -0.39 is 21.9 Å². The number of benzene rings is 1. The van der Waals surface area contributed by atoms with E-state index in [1.165, 1.54) is 19.1 Å². The minimum absolute atomic E-state index is 0.00332. The Balaban J connectivity index is 2.89. The van der Waals surface area contributed by atoms with Gasteiger partial charge in [0, 0.05) is 11.4 Å². The van der Waals surface area contributed by atoms with Gasteiger partial charge in [0.15, 0.2) is 0 Å². The van der Waals surface area contributed by atoms with Crippen molar-refractivity contribution >= 4 is 22.4 Å². The van der Waals surface area contributed by atoms with Crippen LogP contribution in [-0.4, -0.2) is 21.9 Å². The fourth-order valence-electron chi connectivity index (χ4n) is 1.25. The SMILES string of the molecule is CCNC(=O)C(C)S(=O)c1ccc(N)c(F)c1. The van der Waals surface area contributed by atoms with E-state index in [0.29, 0.717) is 6.54 Å². The number of hydrogen-bond acceptors (Lipinski definition) is 3. The van der Waals surface area contributed by atoms with Gasteiger partial charge in [0.2, 0.25) is 5.91 Å². The Hall–Kier alpha value is -1.43. The molecular formula is C11H15FN2O2S. The number of halogens is 1. The van der Waals surface area contributed by atoms with Crippen molar-refractivity contribution in [3.63, 3.8) is 0 Å². The van der Waals surface area contributed by atoms with Crippen LogP contribution in [0.4, 0.5) is 10.1 Å². The molecule has 1 aromatic rings. The van der Waals surface area contributed by atoms with Crippen molar-refractivity contribution in [2.45, 2.75) is 24.0 Å². The van der Waals surface area contributed by atoms with Gasteiger partial charge in [-0.2, -0.15) is 0 Å². The van der Waals surface area contributed by atoms with E-state index in [-0.39, 0.29) is 16.5 Å². The molecule has 0 aliphatic carbocycles. The Morgan fingerprint density at radius 3 is 2.76 bits per heavy atom. The summed E-state index contributed by atoms with van der Waals surface area (Å²) in [6.07, 6.45) is 0. The summed E-state index contributed by atoms with van der Waals surface area (Å²) in [4.78, 5) is 11.7. The minimum Gasteiger partial charge on any atom is -0.396 e. The number of nitrogens with two attached hydrogens (primary N) is 1. The van der Waals surface area contributed by atoms with Crippen LogP contribution >= 0.6 is 0 Å². The topological polar surface area (TPSA) is 72.2 Å². The van der Waals surface area contributed by atoms with Gasteiger partial charge in [0.25, 0.3) is 0 Å². The van der Waals surface area contributed by atoms with Gasteiger partial charge in [-0.1, -0.05) is 0 Å². The number of amides is 1. The lowest BCUT2D eigenvalue weighted by molar-refractivity contribution is -0.120. The number of anilines is 1. The lowest BCUT2D eigenvalue weighted by Gasteiger charge is -2.11. The molecule has 0 aromatic heterocycles. The maximum Gasteiger partial charge on any atom is 0.235 e. The van der Waals surface area contributed by atoms with E-state index in [0.717, 1.165) is 6.07 Å². The van der Waals surface area contributed by atoms with Crippen molar-refractivity contribution < 1.29 is 13.4 Å². The number of carbonyl (C=O) groups excluding carboxylic acids is 1. The zero-order valence-corrected chi connectivity index (χ0v) is 10.5. The van der Waals surface area contributed by atoms with Crippen molar-refractivity contribution in [1.82, 2.24) is 5.32 Å². The normalized spacial score (nSPS) is 14.1. The van der Waals surface area contributed by atoms with Crippen LogP contribution in [0.5, 0.6) is 0 Å². The maximum absolute atomic E-state index is 13.2.